The Hall–Kier alpha value is -2.69. The third-order valence-corrected chi connectivity index (χ3v) is 2.28. The molecule has 0 bridgehead atoms. The minimum Gasteiger partial charge on any atom is -0.480 e. The highest BCUT2D eigenvalue weighted by Gasteiger charge is 2.31. The topological polar surface area (TPSA) is 75.6 Å². The number of hydrogen-bond donors (Lipinski definition) is 2. The zero-order valence-corrected chi connectivity index (χ0v) is 10.5. The molecular formula is C13H10F3NO4. The molecule has 1 aromatic rings. The molecule has 5 nitrogen and oxygen atoms in total. The maximum Gasteiger partial charge on any atom is 0.573 e. The molecule has 8 heteroatoms. The summed E-state index contributed by atoms with van der Waals surface area (Å²) in [5.74, 6) is -0.463. The molecule has 0 fully saturated rings. The number of terminal acetylenes is 1. The van der Waals surface area contributed by atoms with Gasteiger partial charge in [0.1, 0.15) is 11.8 Å². The SMILES string of the molecule is C#CCC(NC(=O)c1ccc(OC(F)(F)F)cc1)C(=O)O. The minimum atomic E-state index is -4.83. The van der Waals surface area contributed by atoms with Crippen LogP contribution in [-0.4, -0.2) is 29.4 Å². The van der Waals surface area contributed by atoms with E-state index in [1.54, 1.807) is 0 Å². The van der Waals surface area contributed by atoms with E-state index in [0.717, 1.165) is 24.3 Å². The quantitative estimate of drug-likeness (QED) is 0.813. The monoisotopic (exact) mass is 301 g/mol. The van der Waals surface area contributed by atoms with E-state index in [9.17, 15) is 22.8 Å². The summed E-state index contributed by atoms with van der Waals surface area (Å²) in [4.78, 5) is 22.5. The Balaban J connectivity index is 2.75. The molecule has 1 aromatic carbocycles. The van der Waals surface area contributed by atoms with Crippen LogP contribution in [-0.2, 0) is 4.79 Å². The third kappa shape index (κ3) is 5.44. The number of benzene rings is 1. The Morgan fingerprint density at radius 3 is 2.33 bits per heavy atom. The predicted molar refractivity (Wildman–Crippen MR) is 65.5 cm³/mol. The summed E-state index contributed by atoms with van der Waals surface area (Å²) in [7, 11) is 0. The molecule has 0 aliphatic carbocycles. The summed E-state index contributed by atoms with van der Waals surface area (Å²) in [6.07, 6.45) is -0.0678. The Labute approximate surface area is 117 Å². The number of hydrogen-bond acceptors (Lipinski definition) is 3. The Kier molecular flexibility index (Phi) is 5.18. The van der Waals surface area contributed by atoms with E-state index < -0.39 is 30.0 Å². The van der Waals surface area contributed by atoms with E-state index in [0.29, 0.717) is 0 Å². The van der Waals surface area contributed by atoms with E-state index >= 15 is 0 Å². The van der Waals surface area contributed by atoms with Gasteiger partial charge in [-0.05, 0) is 24.3 Å². The minimum absolute atomic E-state index is 0.0206. The first kappa shape index (κ1) is 16.4. The first-order valence-electron chi connectivity index (χ1n) is 5.56. The van der Waals surface area contributed by atoms with E-state index in [1.807, 2.05) is 0 Å². The number of ether oxygens (including phenoxy) is 1. The van der Waals surface area contributed by atoms with Crippen molar-refractivity contribution in [2.45, 2.75) is 18.8 Å². The fourth-order valence-electron chi connectivity index (χ4n) is 1.37. The highest BCUT2D eigenvalue weighted by Crippen LogP contribution is 2.22. The van der Waals surface area contributed by atoms with Crippen molar-refractivity contribution in [3.8, 4) is 18.1 Å². The molecule has 0 heterocycles. The summed E-state index contributed by atoms with van der Waals surface area (Å²) in [6, 6.07) is 2.77. The summed E-state index contributed by atoms with van der Waals surface area (Å²) in [5.41, 5.74) is -0.0206. The van der Waals surface area contributed by atoms with Crippen molar-refractivity contribution in [3.63, 3.8) is 0 Å². The predicted octanol–water partition coefficient (Wildman–Crippen LogP) is 1.79. The number of carboxylic acids is 1. The van der Waals surface area contributed by atoms with Gasteiger partial charge in [0.05, 0.1) is 0 Å². The maximum absolute atomic E-state index is 12.0. The Bertz CT molecular complexity index is 560. The number of carbonyl (C=O) groups is 2. The second kappa shape index (κ2) is 6.65. The van der Waals surface area contributed by atoms with Crippen LogP contribution in [0.2, 0.25) is 0 Å². The highest BCUT2D eigenvalue weighted by molar-refractivity contribution is 5.96. The van der Waals surface area contributed by atoms with E-state index in [2.05, 4.69) is 16.0 Å². The third-order valence-electron chi connectivity index (χ3n) is 2.28. The van der Waals surface area contributed by atoms with Crippen LogP contribution in [0.1, 0.15) is 16.8 Å². The zero-order valence-electron chi connectivity index (χ0n) is 10.5. The number of aliphatic carboxylic acids is 1. The lowest BCUT2D eigenvalue weighted by Gasteiger charge is -2.12. The summed E-state index contributed by atoms with van der Waals surface area (Å²) in [5, 5.41) is 11.0. The van der Waals surface area contributed by atoms with E-state index in [1.165, 1.54) is 0 Å². The molecule has 0 saturated carbocycles. The molecule has 0 radical (unpaired) electrons. The largest absolute Gasteiger partial charge is 0.573 e. The normalized spacial score (nSPS) is 12.1. The van der Waals surface area contributed by atoms with Crippen molar-refractivity contribution in [2.75, 3.05) is 0 Å². The van der Waals surface area contributed by atoms with Gasteiger partial charge in [-0.2, -0.15) is 0 Å². The van der Waals surface area contributed by atoms with Crippen molar-refractivity contribution in [3.05, 3.63) is 29.8 Å². The summed E-state index contributed by atoms with van der Waals surface area (Å²) in [6.45, 7) is 0. The molecule has 0 aromatic heterocycles. The molecular weight excluding hydrogens is 291 g/mol. The molecule has 0 aliphatic heterocycles. The van der Waals surface area contributed by atoms with Crippen LogP contribution in [0.3, 0.4) is 0 Å². The zero-order chi connectivity index (χ0) is 16.0. The molecule has 2 N–H and O–H groups in total. The van der Waals surface area contributed by atoms with Gasteiger partial charge < -0.3 is 15.2 Å². The highest BCUT2D eigenvalue weighted by atomic mass is 19.4. The molecule has 1 unspecified atom stereocenters. The van der Waals surface area contributed by atoms with E-state index in [4.69, 9.17) is 11.5 Å². The molecule has 1 atom stereocenters. The molecule has 0 spiro atoms. The van der Waals surface area contributed by atoms with Gasteiger partial charge in [-0.25, -0.2) is 4.79 Å². The van der Waals surface area contributed by atoms with Crippen LogP contribution >= 0.6 is 0 Å². The van der Waals surface area contributed by atoms with Gasteiger partial charge in [0, 0.05) is 12.0 Å². The Morgan fingerprint density at radius 1 is 1.33 bits per heavy atom. The molecule has 0 aliphatic rings. The molecule has 1 amide bonds. The van der Waals surface area contributed by atoms with Gasteiger partial charge in [-0.15, -0.1) is 25.5 Å². The summed E-state index contributed by atoms with van der Waals surface area (Å²) < 4.78 is 39.5. The number of alkyl halides is 3. The molecule has 21 heavy (non-hydrogen) atoms. The van der Waals surface area contributed by atoms with Gasteiger partial charge in [-0.3, -0.25) is 4.79 Å². The van der Waals surface area contributed by atoms with Crippen molar-refractivity contribution in [1.29, 1.82) is 0 Å². The first-order chi connectivity index (χ1) is 9.73. The van der Waals surface area contributed by atoms with Crippen molar-refractivity contribution in [2.24, 2.45) is 0 Å². The second-order valence-electron chi connectivity index (χ2n) is 3.84. The van der Waals surface area contributed by atoms with Crippen LogP contribution in [0, 0.1) is 12.3 Å². The molecule has 1 rings (SSSR count). The lowest BCUT2D eigenvalue weighted by atomic mass is 10.1. The standard InChI is InChI=1S/C13H10F3NO4/c1-2-3-10(12(19)20)17-11(18)8-4-6-9(7-5-8)21-13(14,15)16/h1,4-7,10H,3H2,(H,17,18)(H,19,20). The van der Waals surface area contributed by atoms with Crippen LogP contribution < -0.4 is 10.1 Å². The lowest BCUT2D eigenvalue weighted by Crippen LogP contribution is -2.40. The van der Waals surface area contributed by atoms with Gasteiger partial charge in [0.2, 0.25) is 0 Å². The average molecular weight is 301 g/mol. The van der Waals surface area contributed by atoms with Crippen molar-refractivity contribution < 1.29 is 32.6 Å². The second-order valence-corrected chi connectivity index (χ2v) is 3.84. The Morgan fingerprint density at radius 2 is 1.90 bits per heavy atom. The smallest absolute Gasteiger partial charge is 0.480 e. The van der Waals surface area contributed by atoms with Crippen molar-refractivity contribution >= 4 is 11.9 Å². The number of amides is 1. The fourth-order valence-corrected chi connectivity index (χ4v) is 1.37. The van der Waals surface area contributed by atoms with E-state index in [-0.39, 0.29) is 12.0 Å². The van der Waals surface area contributed by atoms with Crippen LogP contribution in [0.25, 0.3) is 0 Å². The maximum atomic E-state index is 12.0. The van der Waals surface area contributed by atoms with Crippen LogP contribution in [0.4, 0.5) is 13.2 Å². The van der Waals surface area contributed by atoms with Gasteiger partial charge in [-0.1, -0.05) is 0 Å². The van der Waals surface area contributed by atoms with Crippen LogP contribution in [0.15, 0.2) is 24.3 Å². The van der Waals surface area contributed by atoms with Crippen molar-refractivity contribution in [1.82, 2.24) is 5.32 Å². The number of rotatable bonds is 5. The fraction of sp³-hybridized carbons (Fsp3) is 0.231. The number of halogens is 3. The van der Waals surface area contributed by atoms with Gasteiger partial charge in [0.25, 0.3) is 5.91 Å². The molecule has 112 valence electrons. The first-order valence-corrected chi connectivity index (χ1v) is 5.56. The number of carboxylic acid groups (broad SMARTS) is 1. The van der Waals surface area contributed by atoms with Gasteiger partial charge in [0.15, 0.2) is 0 Å². The summed E-state index contributed by atoms with van der Waals surface area (Å²) >= 11 is 0. The number of carbonyl (C=O) groups excluding carboxylic acids is 1. The number of nitrogens with one attached hydrogen (secondary N) is 1. The van der Waals surface area contributed by atoms with Gasteiger partial charge >= 0.3 is 12.3 Å². The average Bonchev–Trinajstić information content (AvgIpc) is 2.36. The van der Waals surface area contributed by atoms with Crippen LogP contribution in [0.5, 0.6) is 5.75 Å². The lowest BCUT2D eigenvalue weighted by molar-refractivity contribution is -0.274. The molecule has 0 saturated heterocycles.